The van der Waals surface area contributed by atoms with Crippen molar-refractivity contribution in [2.24, 2.45) is 5.73 Å². The molecule has 0 spiro atoms. The Hall–Kier alpha value is -2.01. The first-order chi connectivity index (χ1) is 8.88. The van der Waals surface area contributed by atoms with Crippen molar-refractivity contribution in [2.45, 2.75) is 12.6 Å². The van der Waals surface area contributed by atoms with Gasteiger partial charge in [-0.25, -0.2) is 4.98 Å². The van der Waals surface area contributed by atoms with Crippen molar-refractivity contribution in [1.82, 2.24) is 9.55 Å². The molecule has 0 radical (unpaired) electrons. The summed E-state index contributed by atoms with van der Waals surface area (Å²) in [6.07, 6.45) is 3.49. The number of nitrogens with two attached hydrogens (primary N) is 1. The number of rotatable bonds is 3. The van der Waals surface area contributed by atoms with E-state index in [2.05, 4.69) is 4.98 Å². The fourth-order valence-corrected chi connectivity index (χ4v) is 2.08. The van der Waals surface area contributed by atoms with Gasteiger partial charge in [0.25, 0.3) is 0 Å². The molecule has 2 N–H and O–H groups in total. The summed E-state index contributed by atoms with van der Waals surface area (Å²) >= 11 is 0. The van der Waals surface area contributed by atoms with Gasteiger partial charge in [-0.2, -0.15) is 0 Å². The number of nitrogens with zero attached hydrogens (tertiary/aromatic N) is 2. The van der Waals surface area contributed by atoms with E-state index in [9.17, 15) is 0 Å². The maximum Gasteiger partial charge on any atom is 0.190 e. The van der Waals surface area contributed by atoms with E-state index in [0.717, 1.165) is 23.9 Å². The zero-order valence-corrected chi connectivity index (χ0v) is 9.95. The van der Waals surface area contributed by atoms with E-state index < -0.39 is 0 Å². The standard InChI is InChI=1S/C13H15N3O2/c14-5-7-16-8-6-15-13(16)12-9-17-10-3-1-2-4-11(10)18-12/h1-4,6,8,12H,5,7,9,14H2. The van der Waals surface area contributed by atoms with Gasteiger partial charge in [0.15, 0.2) is 23.4 Å². The molecule has 0 amide bonds. The lowest BCUT2D eigenvalue weighted by molar-refractivity contribution is 0.0824. The second-order valence-corrected chi connectivity index (χ2v) is 4.13. The maximum atomic E-state index is 5.91. The summed E-state index contributed by atoms with van der Waals surface area (Å²) in [5, 5.41) is 0. The first-order valence-electron chi connectivity index (χ1n) is 5.98. The Labute approximate surface area is 105 Å². The van der Waals surface area contributed by atoms with Crippen molar-refractivity contribution >= 4 is 0 Å². The number of fused-ring (bicyclic) bond motifs is 1. The van der Waals surface area contributed by atoms with Gasteiger partial charge in [0, 0.05) is 25.5 Å². The minimum Gasteiger partial charge on any atom is -0.485 e. The Morgan fingerprint density at radius 1 is 1.33 bits per heavy atom. The van der Waals surface area contributed by atoms with Crippen LogP contribution in [0.3, 0.4) is 0 Å². The van der Waals surface area contributed by atoms with Gasteiger partial charge in [0.05, 0.1) is 0 Å². The third-order valence-electron chi connectivity index (χ3n) is 2.91. The highest BCUT2D eigenvalue weighted by molar-refractivity contribution is 5.41. The molecular weight excluding hydrogens is 230 g/mol. The lowest BCUT2D eigenvalue weighted by Gasteiger charge is -2.26. The first-order valence-corrected chi connectivity index (χ1v) is 5.98. The third kappa shape index (κ3) is 1.93. The average Bonchev–Trinajstić information content (AvgIpc) is 2.87. The molecule has 94 valence electrons. The monoisotopic (exact) mass is 245 g/mol. The summed E-state index contributed by atoms with van der Waals surface area (Å²) < 4.78 is 13.6. The predicted molar refractivity (Wildman–Crippen MR) is 66.6 cm³/mol. The van der Waals surface area contributed by atoms with E-state index >= 15 is 0 Å². The highest BCUT2D eigenvalue weighted by atomic mass is 16.6. The molecule has 1 unspecified atom stereocenters. The summed E-state index contributed by atoms with van der Waals surface area (Å²) in [4.78, 5) is 4.33. The number of benzene rings is 1. The second-order valence-electron chi connectivity index (χ2n) is 4.13. The topological polar surface area (TPSA) is 62.3 Å². The van der Waals surface area contributed by atoms with Gasteiger partial charge >= 0.3 is 0 Å². The van der Waals surface area contributed by atoms with Gasteiger partial charge in [-0.3, -0.25) is 0 Å². The number of imidazole rings is 1. The van der Waals surface area contributed by atoms with Gasteiger partial charge in [0.1, 0.15) is 6.61 Å². The van der Waals surface area contributed by atoms with E-state index in [1.54, 1.807) is 6.20 Å². The molecule has 18 heavy (non-hydrogen) atoms. The Morgan fingerprint density at radius 3 is 3.00 bits per heavy atom. The predicted octanol–water partition coefficient (Wildman–Crippen LogP) is 1.35. The van der Waals surface area contributed by atoms with Crippen molar-refractivity contribution in [3.8, 4) is 11.5 Å². The van der Waals surface area contributed by atoms with Gasteiger partial charge in [-0.15, -0.1) is 0 Å². The molecule has 0 saturated carbocycles. The summed E-state index contributed by atoms with van der Waals surface area (Å²) in [5.74, 6) is 2.40. The third-order valence-corrected chi connectivity index (χ3v) is 2.91. The van der Waals surface area contributed by atoms with Crippen LogP contribution in [0.2, 0.25) is 0 Å². The van der Waals surface area contributed by atoms with Crippen molar-refractivity contribution in [3.05, 3.63) is 42.5 Å². The first kappa shape index (κ1) is 11.1. The molecule has 0 aliphatic carbocycles. The van der Waals surface area contributed by atoms with E-state index in [1.165, 1.54) is 0 Å². The minimum atomic E-state index is -0.179. The Kier molecular flexibility index (Phi) is 2.90. The number of hydrogen-bond donors (Lipinski definition) is 1. The van der Waals surface area contributed by atoms with Crippen molar-refractivity contribution in [3.63, 3.8) is 0 Å². The van der Waals surface area contributed by atoms with Gasteiger partial charge < -0.3 is 19.8 Å². The molecule has 0 fully saturated rings. The Morgan fingerprint density at radius 2 is 2.17 bits per heavy atom. The Bertz CT molecular complexity index is 539. The molecule has 1 aromatic heterocycles. The highest BCUT2D eigenvalue weighted by Gasteiger charge is 2.25. The van der Waals surface area contributed by atoms with Crippen LogP contribution in [0.1, 0.15) is 11.9 Å². The van der Waals surface area contributed by atoms with Crippen LogP contribution in [0.15, 0.2) is 36.7 Å². The van der Waals surface area contributed by atoms with Crippen LogP contribution in [-0.4, -0.2) is 22.7 Å². The van der Waals surface area contributed by atoms with Crippen molar-refractivity contribution in [1.29, 1.82) is 0 Å². The van der Waals surface area contributed by atoms with E-state index in [-0.39, 0.29) is 6.10 Å². The van der Waals surface area contributed by atoms with Crippen LogP contribution in [0.4, 0.5) is 0 Å². The molecule has 5 heteroatoms. The smallest absolute Gasteiger partial charge is 0.190 e. The van der Waals surface area contributed by atoms with Crippen molar-refractivity contribution < 1.29 is 9.47 Å². The minimum absolute atomic E-state index is 0.179. The largest absolute Gasteiger partial charge is 0.485 e. The zero-order chi connectivity index (χ0) is 12.4. The molecule has 2 heterocycles. The van der Waals surface area contributed by atoms with Crippen LogP contribution in [-0.2, 0) is 6.54 Å². The normalized spacial score (nSPS) is 17.7. The van der Waals surface area contributed by atoms with Crippen LogP contribution in [0, 0.1) is 0 Å². The molecule has 0 saturated heterocycles. The SMILES string of the molecule is NCCn1ccnc1C1COc2ccccc2O1. The number of hydrogen-bond acceptors (Lipinski definition) is 4. The van der Waals surface area contributed by atoms with Gasteiger partial charge in [-0.1, -0.05) is 12.1 Å². The number of para-hydroxylation sites is 2. The molecule has 2 aromatic rings. The van der Waals surface area contributed by atoms with Gasteiger partial charge in [0.2, 0.25) is 0 Å². The summed E-state index contributed by atoms with van der Waals surface area (Å²) in [5.41, 5.74) is 5.57. The molecule has 3 rings (SSSR count). The average molecular weight is 245 g/mol. The number of aromatic nitrogens is 2. The summed E-state index contributed by atoms with van der Waals surface area (Å²) in [7, 11) is 0. The Balaban J connectivity index is 1.85. The lowest BCUT2D eigenvalue weighted by Crippen LogP contribution is -2.25. The van der Waals surface area contributed by atoms with Crippen LogP contribution >= 0.6 is 0 Å². The van der Waals surface area contributed by atoms with E-state index in [4.69, 9.17) is 15.2 Å². The number of ether oxygens (including phenoxy) is 2. The molecule has 1 aromatic carbocycles. The summed E-state index contributed by atoms with van der Waals surface area (Å²) in [6, 6.07) is 7.66. The van der Waals surface area contributed by atoms with E-state index in [0.29, 0.717) is 13.2 Å². The highest BCUT2D eigenvalue weighted by Crippen LogP contribution is 2.35. The molecule has 1 atom stereocenters. The molecule has 1 aliphatic heterocycles. The molecule has 5 nitrogen and oxygen atoms in total. The quantitative estimate of drug-likeness (QED) is 0.886. The lowest BCUT2D eigenvalue weighted by atomic mass is 10.2. The van der Waals surface area contributed by atoms with Crippen LogP contribution in [0.25, 0.3) is 0 Å². The molecule has 1 aliphatic rings. The fraction of sp³-hybridized carbons (Fsp3) is 0.308. The van der Waals surface area contributed by atoms with Crippen LogP contribution < -0.4 is 15.2 Å². The summed E-state index contributed by atoms with van der Waals surface area (Å²) in [6.45, 7) is 1.78. The van der Waals surface area contributed by atoms with Gasteiger partial charge in [-0.05, 0) is 12.1 Å². The second kappa shape index (κ2) is 4.70. The maximum absolute atomic E-state index is 5.91. The van der Waals surface area contributed by atoms with Crippen LogP contribution in [0.5, 0.6) is 11.5 Å². The fourth-order valence-electron chi connectivity index (χ4n) is 2.08. The zero-order valence-electron chi connectivity index (χ0n) is 9.95. The molecule has 0 bridgehead atoms. The van der Waals surface area contributed by atoms with E-state index in [1.807, 2.05) is 35.0 Å². The molecular formula is C13H15N3O2. The van der Waals surface area contributed by atoms with Crippen molar-refractivity contribution in [2.75, 3.05) is 13.2 Å².